The van der Waals surface area contributed by atoms with Crippen LogP contribution in [0.1, 0.15) is 36.7 Å². The molecule has 2 aliphatic heterocycles. The lowest BCUT2D eigenvalue weighted by Gasteiger charge is -2.30. The summed E-state index contributed by atoms with van der Waals surface area (Å²) < 4.78 is 0. The third-order valence-electron chi connectivity index (χ3n) is 4.75. The molecule has 1 aromatic rings. The van der Waals surface area contributed by atoms with Gasteiger partial charge in [-0.3, -0.25) is 10.1 Å². The Kier molecular flexibility index (Phi) is 3.32. The van der Waals surface area contributed by atoms with Crippen molar-refractivity contribution in [1.82, 2.24) is 10.2 Å². The lowest BCUT2D eigenvalue weighted by molar-refractivity contribution is -0.131. The molecule has 0 radical (unpaired) electrons. The van der Waals surface area contributed by atoms with Crippen molar-refractivity contribution < 1.29 is 4.79 Å². The van der Waals surface area contributed by atoms with E-state index in [4.69, 9.17) is 0 Å². The van der Waals surface area contributed by atoms with E-state index in [1.807, 2.05) is 0 Å². The van der Waals surface area contributed by atoms with Gasteiger partial charge in [0.05, 0.1) is 0 Å². The van der Waals surface area contributed by atoms with Gasteiger partial charge in [-0.2, -0.15) is 11.8 Å². The first-order valence-corrected chi connectivity index (χ1v) is 9.52. The quantitative estimate of drug-likeness (QED) is 0.932. The molecule has 1 unspecified atom stereocenters. The number of carbonyl (C=O) groups is 1. The van der Waals surface area contributed by atoms with Crippen molar-refractivity contribution in [2.45, 2.75) is 37.4 Å². The van der Waals surface area contributed by atoms with Crippen LogP contribution in [0.3, 0.4) is 0 Å². The minimum Gasteiger partial charge on any atom is -0.320 e. The minimum absolute atomic E-state index is 0.125. The van der Waals surface area contributed by atoms with Crippen LogP contribution in [0.15, 0.2) is 17.5 Å². The van der Waals surface area contributed by atoms with Crippen LogP contribution in [0, 0.1) is 5.92 Å². The molecule has 108 valence electrons. The van der Waals surface area contributed by atoms with Crippen molar-refractivity contribution in [2.75, 3.05) is 18.1 Å². The van der Waals surface area contributed by atoms with Crippen LogP contribution >= 0.6 is 23.1 Å². The van der Waals surface area contributed by atoms with E-state index in [-0.39, 0.29) is 11.7 Å². The molecule has 1 atom stereocenters. The van der Waals surface area contributed by atoms with E-state index in [1.165, 1.54) is 29.2 Å². The molecule has 1 N–H and O–H groups in total. The van der Waals surface area contributed by atoms with Crippen LogP contribution in [-0.4, -0.2) is 34.4 Å². The largest absolute Gasteiger partial charge is 0.320 e. The fraction of sp³-hybridized carbons (Fsp3) is 0.667. The molecule has 3 heterocycles. The van der Waals surface area contributed by atoms with Gasteiger partial charge >= 0.3 is 0 Å². The van der Waals surface area contributed by atoms with Crippen molar-refractivity contribution in [3.8, 4) is 0 Å². The Hall–Kier alpha value is -0.520. The average Bonchev–Trinajstić information content (AvgIpc) is 2.96. The van der Waals surface area contributed by atoms with Crippen LogP contribution in [0.25, 0.3) is 0 Å². The molecule has 3 fully saturated rings. The number of hydrogen-bond donors (Lipinski definition) is 1. The summed E-state index contributed by atoms with van der Waals surface area (Å²) >= 11 is 3.81. The summed E-state index contributed by atoms with van der Waals surface area (Å²) in [6.07, 6.45) is 4.69. The van der Waals surface area contributed by atoms with E-state index in [0.717, 1.165) is 19.4 Å². The first-order valence-electron chi connectivity index (χ1n) is 7.48. The Labute approximate surface area is 128 Å². The maximum Gasteiger partial charge on any atom is 0.244 e. The highest BCUT2D eigenvalue weighted by molar-refractivity contribution is 7.99. The molecular formula is C15H20N2OS2. The molecule has 20 heavy (non-hydrogen) atoms. The summed E-state index contributed by atoms with van der Waals surface area (Å²) in [6, 6.07) is 4.24. The van der Waals surface area contributed by atoms with Crippen LogP contribution in [0.5, 0.6) is 0 Å². The standard InChI is InChI=1S/C15H20N2OS2/c18-14-15(5-6-15)16-13(12-2-1-7-20-12)17(14)10-11-3-8-19-9-4-11/h1-2,7,11,13,16H,3-6,8-10H2. The van der Waals surface area contributed by atoms with E-state index in [0.29, 0.717) is 11.8 Å². The SMILES string of the molecule is O=C1N(CC2CCSCC2)C(c2cccs2)NC12CC2. The van der Waals surface area contributed by atoms with Gasteiger partial charge in [0.15, 0.2) is 0 Å². The highest BCUT2D eigenvalue weighted by Gasteiger charge is 2.59. The van der Waals surface area contributed by atoms with Gasteiger partial charge < -0.3 is 4.90 Å². The molecule has 0 aromatic carbocycles. The molecule has 2 saturated heterocycles. The Balaban J connectivity index is 1.55. The molecule has 5 heteroatoms. The first kappa shape index (κ1) is 13.2. The Morgan fingerprint density at radius 3 is 2.80 bits per heavy atom. The summed E-state index contributed by atoms with van der Waals surface area (Å²) in [4.78, 5) is 16.2. The van der Waals surface area contributed by atoms with E-state index in [9.17, 15) is 4.79 Å². The van der Waals surface area contributed by atoms with Crippen LogP contribution < -0.4 is 5.32 Å². The second kappa shape index (κ2) is 5.04. The maximum atomic E-state index is 12.7. The number of thioether (sulfide) groups is 1. The molecule has 0 bridgehead atoms. The first-order chi connectivity index (χ1) is 9.78. The summed E-state index contributed by atoms with van der Waals surface area (Å²) in [5, 5.41) is 5.72. The van der Waals surface area contributed by atoms with Crippen molar-refractivity contribution in [1.29, 1.82) is 0 Å². The third kappa shape index (κ3) is 2.20. The van der Waals surface area contributed by atoms with E-state index in [1.54, 1.807) is 11.3 Å². The fourth-order valence-electron chi connectivity index (χ4n) is 3.34. The molecule has 3 nitrogen and oxygen atoms in total. The van der Waals surface area contributed by atoms with E-state index < -0.39 is 0 Å². The Morgan fingerprint density at radius 2 is 2.15 bits per heavy atom. The van der Waals surface area contributed by atoms with Crippen molar-refractivity contribution >= 4 is 29.0 Å². The molecular weight excluding hydrogens is 288 g/mol. The number of hydrogen-bond acceptors (Lipinski definition) is 4. The molecule has 4 rings (SSSR count). The summed E-state index contributed by atoms with van der Waals surface area (Å²) in [7, 11) is 0. The molecule has 3 aliphatic rings. The van der Waals surface area contributed by atoms with Crippen molar-refractivity contribution in [3.05, 3.63) is 22.4 Å². The summed E-state index contributed by atoms with van der Waals surface area (Å²) in [6.45, 7) is 0.941. The zero-order valence-corrected chi connectivity index (χ0v) is 13.1. The lowest BCUT2D eigenvalue weighted by atomic mass is 10.0. The highest BCUT2D eigenvalue weighted by atomic mass is 32.2. The second-order valence-corrected chi connectivity index (χ2v) is 8.36. The fourth-order valence-corrected chi connectivity index (χ4v) is 5.33. The smallest absolute Gasteiger partial charge is 0.244 e. The molecule has 1 spiro atoms. The van der Waals surface area contributed by atoms with Gasteiger partial charge in [0, 0.05) is 11.4 Å². The van der Waals surface area contributed by atoms with E-state index >= 15 is 0 Å². The Bertz CT molecular complexity index is 492. The third-order valence-corrected chi connectivity index (χ3v) is 6.73. The normalized spacial score (nSPS) is 29.3. The number of amides is 1. The number of carbonyl (C=O) groups excluding carboxylic acids is 1. The molecule has 1 aliphatic carbocycles. The average molecular weight is 308 g/mol. The maximum absolute atomic E-state index is 12.7. The van der Waals surface area contributed by atoms with Crippen LogP contribution in [0.2, 0.25) is 0 Å². The lowest BCUT2D eigenvalue weighted by Crippen LogP contribution is -2.36. The molecule has 1 amide bonds. The van der Waals surface area contributed by atoms with Crippen molar-refractivity contribution in [2.24, 2.45) is 5.92 Å². The summed E-state index contributed by atoms with van der Waals surface area (Å²) in [5.41, 5.74) is -0.196. The molecule has 1 aromatic heterocycles. The highest BCUT2D eigenvalue weighted by Crippen LogP contribution is 2.47. The zero-order chi connectivity index (χ0) is 13.6. The predicted molar refractivity (Wildman–Crippen MR) is 83.9 cm³/mol. The predicted octanol–water partition coefficient (Wildman–Crippen LogP) is 2.85. The Morgan fingerprint density at radius 1 is 1.35 bits per heavy atom. The number of nitrogens with zero attached hydrogens (tertiary/aromatic N) is 1. The topological polar surface area (TPSA) is 32.3 Å². The van der Waals surface area contributed by atoms with Gasteiger partial charge in [0.2, 0.25) is 5.91 Å². The minimum atomic E-state index is -0.196. The van der Waals surface area contributed by atoms with Gasteiger partial charge in [-0.05, 0) is 54.6 Å². The number of rotatable bonds is 3. The number of nitrogens with one attached hydrogen (secondary N) is 1. The van der Waals surface area contributed by atoms with Crippen molar-refractivity contribution in [3.63, 3.8) is 0 Å². The zero-order valence-electron chi connectivity index (χ0n) is 11.5. The monoisotopic (exact) mass is 308 g/mol. The van der Waals surface area contributed by atoms with E-state index in [2.05, 4.69) is 39.5 Å². The van der Waals surface area contributed by atoms with Gasteiger partial charge in [-0.1, -0.05) is 6.07 Å². The number of thiophene rings is 1. The second-order valence-electron chi connectivity index (χ2n) is 6.16. The van der Waals surface area contributed by atoms with Gasteiger partial charge in [-0.15, -0.1) is 11.3 Å². The van der Waals surface area contributed by atoms with Crippen LogP contribution in [0.4, 0.5) is 0 Å². The molecule has 1 saturated carbocycles. The summed E-state index contributed by atoms with van der Waals surface area (Å²) in [5.74, 6) is 3.57. The van der Waals surface area contributed by atoms with Crippen LogP contribution in [-0.2, 0) is 4.79 Å². The van der Waals surface area contributed by atoms with Gasteiger partial charge in [0.25, 0.3) is 0 Å². The van der Waals surface area contributed by atoms with Gasteiger partial charge in [0.1, 0.15) is 11.7 Å². The van der Waals surface area contributed by atoms with Gasteiger partial charge in [-0.25, -0.2) is 0 Å².